The minimum absolute atomic E-state index is 0.448. The Morgan fingerprint density at radius 3 is 2.21 bits per heavy atom. The third-order valence-corrected chi connectivity index (χ3v) is 2.58. The molecule has 0 saturated heterocycles. The zero-order valence-corrected chi connectivity index (χ0v) is 11.6. The van der Waals surface area contributed by atoms with Crippen molar-refractivity contribution in [3.63, 3.8) is 0 Å². The lowest BCUT2D eigenvalue weighted by molar-refractivity contribution is 0.379. The lowest BCUT2D eigenvalue weighted by Crippen LogP contribution is -2.10. The van der Waals surface area contributed by atoms with Gasteiger partial charge in [-0.3, -0.25) is 0 Å². The summed E-state index contributed by atoms with van der Waals surface area (Å²) in [6, 6.07) is 0. The van der Waals surface area contributed by atoms with Crippen molar-refractivity contribution in [2.45, 2.75) is 34.2 Å². The van der Waals surface area contributed by atoms with E-state index in [1.165, 1.54) is 0 Å². The van der Waals surface area contributed by atoms with E-state index in [1.54, 1.807) is 6.92 Å². The number of hydrogen-bond donors (Lipinski definition) is 2. The van der Waals surface area contributed by atoms with Crippen LogP contribution < -0.4 is 10.6 Å². The monoisotopic (exact) mass is 262 g/mol. The number of aromatic nitrogens is 4. The van der Waals surface area contributed by atoms with Crippen LogP contribution in [-0.4, -0.2) is 26.7 Å². The average molecular weight is 262 g/mol. The summed E-state index contributed by atoms with van der Waals surface area (Å²) >= 11 is 0. The fourth-order valence-corrected chi connectivity index (χ4v) is 1.71. The molecule has 0 unspecified atom stereocenters. The van der Waals surface area contributed by atoms with Gasteiger partial charge < -0.3 is 15.2 Å². The first-order chi connectivity index (χ1) is 9.10. The van der Waals surface area contributed by atoms with Crippen LogP contribution in [0.15, 0.2) is 4.52 Å². The van der Waals surface area contributed by atoms with Gasteiger partial charge in [-0.15, -0.1) is 0 Å². The third kappa shape index (κ3) is 3.18. The van der Waals surface area contributed by atoms with E-state index < -0.39 is 0 Å². The van der Waals surface area contributed by atoms with Crippen LogP contribution in [-0.2, 0) is 6.54 Å². The van der Waals surface area contributed by atoms with E-state index in [1.807, 2.05) is 20.8 Å². The van der Waals surface area contributed by atoms with E-state index in [9.17, 15) is 0 Å². The van der Waals surface area contributed by atoms with Crippen LogP contribution in [0.3, 0.4) is 0 Å². The Morgan fingerprint density at radius 1 is 0.947 bits per heavy atom. The van der Waals surface area contributed by atoms with Crippen molar-refractivity contribution < 1.29 is 4.52 Å². The lowest BCUT2D eigenvalue weighted by Gasteiger charge is -2.12. The normalized spacial score (nSPS) is 10.5. The number of anilines is 2. The predicted octanol–water partition coefficient (Wildman–Crippen LogP) is 1.83. The van der Waals surface area contributed by atoms with Crippen molar-refractivity contribution in [3.8, 4) is 0 Å². The van der Waals surface area contributed by atoms with Crippen LogP contribution in [0, 0.1) is 20.8 Å². The van der Waals surface area contributed by atoms with Gasteiger partial charge in [0.25, 0.3) is 0 Å². The Balaban J connectivity index is 2.15. The van der Waals surface area contributed by atoms with E-state index in [4.69, 9.17) is 4.52 Å². The first-order valence-electron chi connectivity index (χ1n) is 6.22. The third-order valence-electron chi connectivity index (χ3n) is 2.58. The minimum atomic E-state index is 0.448. The van der Waals surface area contributed by atoms with Gasteiger partial charge in [-0.25, -0.2) is 9.97 Å². The molecule has 0 aliphatic heterocycles. The van der Waals surface area contributed by atoms with Gasteiger partial charge >= 0.3 is 0 Å². The van der Waals surface area contributed by atoms with E-state index >= 15 is 0 Å². The molecule has 0 aliphatic rings. The lowest BCUT2D eigenvalue weighted by atomic mass is 10.3. The maximum absolute atomic E-state index is 5.05. The molecular formula is C12H18N6O. The molecule has 0 saturated carbocycles. The minimum Gasteiger partial charge on any atom is -0.370 e. The highest BCUT2D eigenvalue weighted by atomic mass is 16.5. The zero-order valence-electron chi connectivity index (χ0n) is 11.6. The van der Waals surface area contributed by atoms with Crippen LogP contribution >= 0.6 is 0 Å². The molecule has 0 fully saturated rings. The summed E-state index contributed by atoms with van der Waals surface area (Å²) in [5.74, 6) is 3.50. The second kappa shape index (κ2) is 5.64. The van der Waals surface area contributed by atoms with Gasteiger partial charge in [-0.2, -0.15) is 4.98 Å². The molecule has 0 amide bonds. The van der Waals surface area contributed by atoms with Gasteiger partial charge in [-0.05, 0) is 27.7 Å². The van der Waals surface area contributed by atoms with Gasteiger partial charge in [0.15, 0.2) is 5.82 Å². The quantitative estimate of drug-likeness (QED) is 0.849. The van der Waals surface area contributed by atoms with Crippen molar-refractivity contribution in [3.05, 3.63) is 23.1 Å². The second-order valence-corrected chi connectivity index (χ2v) is 4.21. The summed E-state index contributed by atoms with van der Waals surface area (Å²) in [5.41, 5.74) is 0.976. The molecule has 0 aromatic carbocycles. The molecular weight excluding hydrogens is 244 g/mol. The van der Waals surface area contributed by atoms with Gasteiger partial charge in [0.1, 0.15) is 17.5 Å². The fourth-order valence-electron chi connectivity index (χ4n) is 1.71. The van der Waals surface area contributed by atoms with Gasteiger partial charge in [-0.1, -0.05) is 5.16 Å². The SMILES string of the molecule is CCNc1nc(C)nc(NCc2nc(C)no2)c1C. The molecule has 7 nitrogen and oxygen atoms in total. The number of hydrogen-bond acceptors (Lipinski definition) is 7. The first-order valence-corrected chi connectivity index (χ1v) is 6.22. The van der Waals surface area contributed by atoms with Gasteiger partial charge in [0, 0.05) is 12.1 Å². The Hall–Kier alpha value is -2.18. The molecule has 0 aliphatic carbocycles. The van der Waals surface area contributed by atoms with Gasteiger partial charge in [0.2, 0.25) is 5.89 Å². The summed E-state index contributed by atoms with van der Waals surface area (Å²) in [6.45, 7) is 8.92. The number of rotatable bonds is 5. The Morgan fingerprint density at radius 2 is 1.63 bits per heavy atom. The molecule has 2 aromatic rings. The molecule has 0 spiro atoms. The Bertz CT molecular complexity index is 565. The summed E-state index contributed by atoms with van der Waals surface area (Å²) in [4.78, 5) is 12.9. The summed E-state index contributed by atoms with van der Waals surface area (Å²) in [6.07, 6.45) is 0. The van der Waals surface area contributed by atoms with E-state index in [0.29, 0.717) is 24.1 Å². The maximum atomic E-state index is 5.05. The van der Waals surface area contributed by atoms with Crippen molar-refractivity contribution in [2.24, 2.45) is 0 Å². The van der Waals surface area contributed by atoms with E-state index in [-0.39, 0.29) is 0 Å². The van der Waals surface area contributed by atoms with Crippen LogP contribution in [0.1, 0.15) is 30.0 Å². The topological polar surface area (TPSA) is 88.8 Å². The highest BCUT2D eigenvalue weighted by Crippen LogP contribution is 2.20. The molecule has 2 N–H and O–H groups in total. The van der Waals surface area contributed by atoms with E-state index in [0.717, 1.165) is 23.7 Å². The molecule has 2 aromatic heterocycles. The summed E-state index contributed by atoms with van der Waals surface area (Å²) in [7, 11) is 0. The molecule has 19 heavy (non-hydrogen) atoms. The maximum Gasteiger partial charge on any atom is 0.245 e. The number of aryl methyl sites for hydroxylation is 2. The van der Waals surface area contributed by atoms with Crippen LogP contribution in [0.2, 0.25) is 0 Å². The fraction of sp³-hybridized carbons (Fsp3) is 0.500. The molecule has 0 bridgehead atoms. The van der Waals surface area contributed by atoms with E-state index in [2.05, 4.69) is 30.7 Å². The first kappa shape index (κ1) is 13.3. The number of nitrogens with one attached hydrogen (secondary N) is 2. The average Bonchev–Trinajstić information content (AvgIpc) is 2.78. The standard InChI is InChI=1S/C12H18N6O/c1-5-13-11-7(2)12(17-8(3)16-11)14-6-10-15-9(4)18-19-10/h5-6H2,1-4H3,(H2,13,14,16,17). The van der Waals surface area contributed by atoms with Gasteiger partial charge in [0.05, 0.1) is 6.54 Å². The molecule has 0 radical (unpaired) electrons. The highest BCUT2D eigenvalue weighted by molar-refractivity contribution is 5.57. The van der Waals surface area contributed by atoms with Crippen molar-refractivity contribution >= 4 is 11.6 Å². The Labute approximate surface area is 111 Å². The highest BCUT2D eigenvalue weighted by Gasteiger charge is 2.10. The smallest absolute Gasteiger partial charge is 0.245 e. The molecule has 2 rings (SSSR count). The van der Waals surface area contributed by atoms with Crippen LogP contribution in [0.5, 0.6) is 0 Å². The largest absolute Gasteiger partial charge is 0.370 e. The Kier molecular flexibility index (Phi) is 3.94. The molecule has 7 heteroatoms. The predicted molar refractivity (Wildman–Crippen MR) is 72.0 cm³/mol. The summed E-state index contributed by atoms with van der Waals surface area (Å²) < 4.78 is 5.05. The van der Waals surface area contributed by atoms with Crippen LogP contribution in [0.4, 0.5) is 11.6 Å². The van der Waals surface area contributed by atoms with Crippen molar-refractivity contribution in [1.29, 1.82) is 0 Å². The second-order valence-electron chi connectivity index (χ2n) is 4.21. The van der Waals surface area contributed by atoms with Crippen molar-refractivity contribution in [1.82, 2.24) is 20.1 Å². The summed E-state index contributed by atoms with van der Waals surface area (Å²) in [5, 5.41) is 10.2. The molecule has 2 heterocycles. The molecule has 0 atom stereocenters. The number of nitrogens with zero attached hydrogens (tertiary/aromatic N) is 4. The van der Waals surface area contributed by atoms with Crippen molar-refractivity contribution in [2.75, 3.05) is 17.2 Å². The van der Waals surface area contributed by atoms with Crippen LogP contribution in [0.25, 0.3) is 0 Å². The molecule has 102 valence electrons. The zero-order chi connectivity index (χ0) is 13.8.